The molecule has 0 aliphatic carbocycles. The van der Waals surface area contributed by atoms with Crippen molar-refractivity contribution in [1.82, 2.24) is 9.88 Å². The number of pyridine rings is 1. The van der Waals surface area contributed by atoms with E-state index in [0.717, 1.165) is 26.1 Å². The van der Waals surface area contributed by atoms with Crippen molar-refractivity contribution in [3.63, 3.8) is 0 Å². The minimum atomic E-state index is -0.388. The van der Waals surface area contributed by atoms with E-state index in [1.807, 2.05) is 0 Å². The minimum Gasteiger partial charge on any atom is -0.367 e. The zero-order chi connectivity index (χ0) is 13.1. The molecule has 0 aromatic carbocycles. The van der Waals surface area contributed by atoms with Crippen LogP contribution in [-0.4, -0.2) is 35.6 Å². The van der Waals surface area contributed by atoms with Gasteiger partial charge in [-0.1, -0.05) is 11.6 Å². The fourth-order valence-electron chi connectivity index (χ4n) is 2.28. The van der Waals surface area contributed by atoms with Gasteiger partial charge in [-0.3, -0.25) is 0 Å². The molecule has 1 aromatic rings. The van der Waals surface area contributed by atoms with Crippen molar-refractivity contribution in [3.05, 3.63) is 23.1 Å². The molecule has 0 spiro atoms. The number of nitrogens with zero attached hydrogens (tertiary/aromatic N) is 2. The van der Waals surface area contributed by atoms with Crippen molar-refractivity contribution in [2.75, 3.05) is 25.0 Å². The van der Waals surface area contributed by atoms with Crippen molar-refractivity contribution in [1.29, 1.82) is 0 Å². The lowest BCUT2D eigenvalue weighted by Gasteiger charge is -2.20. The summed E-state index contributed by atoms with van der Waals surface area (Å²) in [7, 11) is 0. The number of hydrogen-bond acceptors (Lipinski definition) is 3. The first-order chi connectivity index (χ1) is 8.56. The van der Waals surface area contributed by atoms with Gasteiger partial charge in [-0.05, 0) is 38.8 Å². The number of anilines is 1. The molecule has 1 aliphatic rings. The van der Waals surface area contributed by atoms with Gasteiger partial charge in [0.25, 0.3) is 0 Å². The van der Waals surface area contributed by atoms with Crippen molar-refractivity contribution in [2.24, 2.45) is 5.92 Å². The maximum atomic E-state index is 13.5. The van der Waals surface area contributed by atoms with Gasteiger partial charge < -0.3 is 10.2 Å². The molecule has 1 aromatic heterocycles. The summed E-state index contributed by atoms with van der Waals surface area (Å²) in [6, 6.07) is 1.87. The Morgan fingerprint density at radius 3 is 3.00 bits per heavy atom. The van der Waals surface area contributed by atoms with E-state index < -0.39 is 0 Å². The van der Waals surface area contributed by atoms with Gasteiger partial charge in [-0.25, -0.2) is 9.37 Å². The van der Waals surface area contributed by atoms with Crippen LogP contribution < -0.4 is 5.32 Å². The highest BCUT2D eigenvalue weighted by Gasteiger charge is 2.24. The molecule has 100 valence electrons. The van der Waals surface area contributed by atoms with Crippen LogP contribution >= 0.6 is 11.6 Å². The lowest BCUT2D eigenvalue weighted by atomic mass is 10.1. The zero-order valence-electron chi connectivity index (χ0n) is 10.8. The van der Waals surface area contributed by atoms with Crippen LogP contribution in [0, 0.1) is 11.7 Å². The van der Waals surface area contributed by atoms with Crippen LogP contribution in [0.3, 0.4) is 0 Å². The number of aromatic nitrogens is 1. The molecular formula is C13H19ClFN3. The van der Waals surface area contributed by atoms with Gasteiger partial charge in [-0.2, -0.15) is 0 Å². The molecule has 5 heteroatoms. The summed E-state index contributed by atoms with van der Waals surface area (Å²) in [5.74, 6) is 0.466. The van der Waals surface area contributed by atoms with Crippen LogP contribution in [0.4, 0.5) is 10.2 Å². The van der Waals surface area contributed by atoms with Crippen LogP contribution in [-0.2, 0) is 0 Å². The Balaban J connectivity index is 1.85. The first-order valence-corrected chi connectivity index (χ1v) is 6.73. The van der Waals surface area contributed by atoms with E-state index in [2.05, 4.69) is 29.0 Å². The highest BCUT2D eigenvalue weighted by molar-refractivity contribution is 6.30. The molecule has 18 heavy (non-hydrogen) atoms. The van der Waals surface area contributed by atoms with Crippen LogP contribution in [0.1, 0.15) is 20.3 Å². The molecule has 1 N–H and O–H groups in total. The summed E-state index contributed by atoms with van der Waals surface area (Å²) in [5.41, 5.74) is 0. The van der Waals surface area contributed by atoms with Crippen molar-refractivity contribution >= 4 is 17.4 Å². The van der Waals surface area contributed by atoms with E-state index in [1.165, 1.54) is 12.3 Å². The van der Waals surface area contributed by atoms with Gasteiger partial charge in [0.15, 0.2) is 11.6 Å². The van der Waals surface area contributed by atoms with Crippen molar-refractivity contribution in [2.45, 2.75) is 26.3 Å². The normalized spacial score (nSPS) is 20.6. The maximum absolute atomic E-state index is 13.5. The molecule has 0 bridgehead atoms. The lowest BCUT2D eigenvalue weighted by molar-refractivity contribution is 0.266. The van der Waals surface area contributed by atoms with Crippen LogP contribution in [0.15, 0.2) is 12.3 Å². The third-order valence-corrected chi connectivity index (χ3v) is 3.62. The standard InChI is InChI=1S/C13H19ClFN3/c1-9(2)18-4-3-10(8-18)6-16-13-12(15)5-11(14)7-17-13/h5,7,9-10H,3-4,6,8H2,1-2H3,(H,16,17). The summed E-state index contributed by atoms with van der Waals surface area (Å²) in [5, 5.41) is 3.39. The highest BCUT2D eigenvalue weighted by Crippen LogP contribution is 2.20. The van der Waals surface area contributed by atoms with Gasteiger partial charge in [0.05, 0.1) is 5.02 Å². The Morgan fingerprint density at radius 1 is 1.61 bits per heavy atom. The van der Waals surface area contributed by atoms with Crippen LogP contribution in [0.5, 0.6) is 0 Å². The second kappa shape index (κ2) is 5.85. The first kappa shape index (κ1) is 13.6. The van der Waals surface area contributed by atoms with E-state index in [-0.39, 0.29) is 5.82 Å². The minimum absolute atomic E-state index is 0.294. The van der Waals surface area contributed by atoms with E-state index in [4.69, 9.17) is 11.6 Å². The van der Waals surface area contributed by atoms with Crippen molar-refractivity contribution in [3.8, 4) is 0 Å². The SMILES string of the molecule is CC(C)N1CCC(CNc2ncc(Cl)cc2F)C1. The second-order valence-corrected chi connectivity index (χ2v) is 5.54. The average Bonchev–Trinajstić information content (AvgIpc) is 2.76. The predicted molar refractivity (Wildman–Crippen MR) is 72.5 cm³/mol. The third-order valence-electron chi connectivity index (χ3n) is 3.41. The molecule has 0 amide bonds. The summed E-state index contributed by atoms with van der Waals surface area (Å²) in [6.07, 6.45) is 2.61. The van der Waals surface area contributed by atoms with Crippen LogP contribution in [0.25, 0.3) is 0 Å². The molecule has 1 atom stereocenters. The third kappa shape index (κ3) is 3.33. The number of hydrogen-bond donors (Lipinski definition) is 1. The Labute approximate surface area is 112 Å². The summed E-state index contributed by atoms with van der Waals surface area (Å²) in [6.45, 7) is 7.36. The molecule has 0 saturated carbocycles. The topological polar surface area (TPSA) is 28.2 Å². The van der Waals surface area contributed by atoms with E-state index in [1.54, 1.807) is 0 Å². The average molecular weight is 272 g/mol. The number of likely N-dealkylation sites (tertiary alicyclic amines) is 1. The van der Waals surface area contributed by atoms with Gasteiger partial charge in [0, 0.05) is 25.3 Å². The van der Waals surface area contributed by atoms with Gasteiger partial charge in [-0.15, -0.1) is 0 Å². The fraction of sp³-hybridized carbons (Fsp3) is 0.615. The molecule has 1 saturated heterocycles. The molecule has 1 fully saturated rings. The Morgan fingerprint density at radius 2 is 2.39 bits per heavy atom. The Kier molecular flexibility index (Phi) is 4.40. The van der Waals surface area contributed by atoms with E-state index in [9.17, 15) is 4.39 Å². The quantitative estimate of drug-likeness (QED) is 0.912. The van der Waals surface area contributed by atoms with Gasteiger partial charge >= 0.3 is 0 Å². The van der Waals surface area contributed by atoms with Gasteiger partial charge in [0.2, 0.25) is 0 Å². The predicted octanol–water partition coefficient (Wildman–Crippen LogP) is 3.02. The summed E-state index contributed by atoms with van der Waals surface area (Å²) < 4.78 is 13.5. The first-order valence-electron chi connectivity index (χ1n) is 6.35. The van der Waals surface area contributed by atoms with E-state index >= 15 is 0 Å². The smallest absolute Gasteiger partial charge is 0.166 e. The molecule has 1 aliphatic heterocycles. The zero-order valence-corrected chi connectivity index (χ0v) is 11.5. The second-order valence-electron chi connectivity index (χ2n) is 5.11. The monoisotopic (exact) mass is 271 g/mol. The van der Waals surface area contributed by atoms with Gasteiger partial charge in [0.1, 0.15) is 0 Å². The molecule has 0 radical (unpaired) electrons. The highest BCUT2D eigenvalue weighted by atomic mass is 35.5. The van der Waals surface area contributed by atoms with Crippen molar-refractivity contribution < 1.29 is 4.39 Å². The summed E-state index contributed by atoms with van der Waals surface area (Å²) >= 11 is 5.66. The fourth-order valence-corrected chi connectivity index (χ4v) is 2.43. The number of rotatable bonds is 4. The van der Waals surface area contributed by atoms with Crippen LogP contribution in [0.2, 0.25) is 5.02 Å². The Hall–Kier alpha value is -0.870. The molecular weight excluding hydrogens is 253 g/mol. The molecule has 1 unspecified atom stereocenters. The largest absolute Gasteiger partial charge is 0.367 e. The lowest BCUT2D eigenvalue weighted by Crippen LogP contribution is -2.29. The Bertz CT molecular complexity index is 411. The molecule has 2 heterocycles. The molecule has 2 rings (SSSR count). The number of halogens is 2. The van der Waals surface area contributed by atoms with E-state index in [0.29, 0.717) is 22.8 Å². The summed E-state index contributed by atoms with van der Waals surface area (Å²) in [4.78, 5) is 6.40. The maximum Gasteiger partial charge on any atom is 0.166 e. The number of nitrogens with one attached hydrogen (secondary N) is 1. The molecule has 3 nitrogen and oxygen atoms in total.